The molecule has 0 saturated carbocycles. The van der Waals surface area contributed by atoms with Gasteiger partial charge in [0.1, 0.15) is 12.2 Å². The van der Waals surface area contributed by atoms with E-state index >= 15 is 0 Å². The zero-order valence-electron chi connectivity index (χ0n) is 13.4. The van der Waals surface area contributed by atoms with Crippen LogP contribution in [-0.4, -0.2) is 15.5 Å². The summed E-state index contributed by atoms with van der Waals surface area (Å²) in [5.74, 6) is 17.4. The molecule has 3 nitrogen and oxygen atoms in total. The van der Waals surface area contributed by atoms with Crippen LogP contribution < -0.4 is 0 Å². The molecule has 0 spiro atoms. The molecule has 0 aromatic carbocycles. The predicted octanol–water partition coefficient (Wildman–Crippen LogP) is 3.14. The van der Waals surface area contributed by atoms with Crippen LogP contribution in [0.15, 0.2) is 18.7 Å². The van der Waals surface area contributed by atoms with Crippen LogP contribution in [-0.2, 0) is 0 Å². The molecule has 0 aliphatic heterocycles. The van der Waals surface area contributed by atoms with Crippen molar-refractivity contribution in [1.29, 1.82) is 0 Å². The van der Waals surface area contributed by atoms with Crippen molar-refractivity contribution in [2.45, 2.75) is 45.4 Å². The van der Waals surface area contributed by atoms with Gasteiger partial charge in [0, 0.05) is 12.4 Å². The van der Waals surface area contributed by atoms with E-state index in [-0.39, 0.29) is 11.8 Å². The van der Waals surface area contributed by atoms with Crippen LogP contribution in [0.25, 0.3) is 0 Å². The Morgan fingerprint density at radius 3 is 2.57 bits per heavy atom. The van der Waals surface area contributed by atoms with Crippen molar-refractivity contribution >= 4 is 5.91 Å². The van der Waals surface area contributed by atoms with Gasteiger partial charge in [-0.1, -0.05) is 44.9 Å². The van der Waals surface area contributed by atoms with Gasteiger partial charge in [-0.05, 0) is 41.9 Å². The number of imidazole rings is 1. The van der Waals surface area contributed by atoms with Gasteiger partial charge in [0.25, 0.3) is 0 Å². The molecule has 1 heterocycles. The largest absolute Gasteiger partial charge is 0.275 e. The molecule has 0 fully saturated rings. The molecule has 0 aliphatic rings. The molecule has 0 bridgehead atoms. The smallest absolute Gasteiger partial charge is 0.247 e. The van der Waals surface area contributed by atoms with E-state index in [0.29, 0.717) is 0 Å². The number of carbonyl (C=O) groups is 1. The highest BCUT2D eigenvalue weighted by molar-refractivity contribution is 5.83. The molecule has 1 atom stereocenters. The lowest BCUT2D eigenvalue weighted by Gasteiger charge is -2.09. The van der Waals surface area contributed by atoms with Crippen LogP contribution in [0.2, 0.25) is 0 Å². The Balaban J connectivity index is 2.68. The standard InChI is InChI=1S/C20H20N2O/c1-3-5-7-9-11-13-15-19(14-12-10-8-6-4-2)20(23)22-17-16-21-18-22/h1,16-19H,4,6,8,10,12,14H2,2H3. The Kier molecular flexibility index (Phi) is 9.28. The molecule has 0 saturated heterocycles. The van der Waals surface area contributed by atoms with Crippen molar-refractivity contribution in [3.8, 4) is 47.9 Å². The highest BCUT2D eigenvalue weighted by Gasteiger charge is 2.17. The van der Waals surface area contributed by atoms with Crippen LogP contribution in [0, 0.1) is 53.8 Å². The van der Waals surface area contributed by atoms with Crippen molar-refractivity contribution < 1.29 is 4.79 Å². The number of aromatic nitrogens is 2. The topological polar surface area (TPSA) is 34.9 Å². The van der Waals surface area contributed by atoms with E-state index in [1.807, 2.05) is 0 Å². The van der Waals surface area contributed by atoms with Gasteiger partial charge in [0.05, 0.1) is 0 Å². The molecule has 0 radical (unpaired) electrons. The zero-order chi connectivity index (χ0) is 16.8. The normalized spacial score (nSPS) is 9.91. The quantitative estimate of drug-likeness (QED) is 0.573. The van der Waals surface area contributed by atoms with E-state index in [1.165, 1.54) is 30.2 Å². The maximum atomic E-state index is 12.4. The summed E-state index contributed by atoms with van der Waals surface area (Å²) in [6.07, 6.45) is 16.1. The number of carbonyl (C=O) groups excluding carboxylic acids is 1. The number of nitrogens with zero attached hydrogens (tertiary/aromatic N) is 2. The summed E-state index contributed by atoms with van der Waals surface area (Å²) in [5, 5.41) is 0. The third-order valence-electron chi connectivity index (χ3n) is 3.22. The first-order valence-corrected chi connectivity index (χ1v) is 7.78. The summed E-state index contributed by atoms with van der Waals surface area (Å²) in [6.45, 7) is 2.18. The highest BCUT2D eigenvalue weighted by Crippen LogP contribution is 2.13. The Labute approximate surface area is 138 Å². The fourth-order valence-corrected chi connectivity index (χ4v) is 2.03. The van der Waals surface area contributed by atoms with E-state index in [2.05, 4.69) is 53.4 Å². The van der Waals surface area contributed by atoms with E-state index in [4.69, 9.17) is 6.42 Å². The van der Waals surface area contributed by atoms with Crippen LogP contribution in [0.5, 0.6) is 0 Å². The van der Waals surface area contributed by atoms with Crippen LogP contribution in [0.3, 0.4) is 0 Å². The molecule has 3 heteroatoms. The molecule has 23 heavy (non-hydrogen) atoms. The van der Waals surface area contributed by atoms with Crippen LogP contribution in [0.4, 0.5) is 0 Å². The van der Waals surface area contributed by atoms with Gasteiger partial charge in [-0.3, -0.25) is 9.36 Å². The lowest BCUT2D eigenvalue weighted by Crippen LogP contribution is -2.19. The molecule has 116 valence electrons. The Morgan fingerprint density at radius 1 is 1.13 bits per heavy atom. The minimum Gasteiger partial charge on any atom is -0.275 e. The van der Waals surface area contributed by atoms with Crippen molar-refractivity contribution in [2.24, 2.45) is 5.92 Å². The van der Waals surface area contributed by atoms with Crippen LogP contribution >= 0.6 is 0 Å². The monoisotopic (exact) mass is 304 g/mol. The van der Waals surface area contributed by atoms with E-state index < -0.39 is 0 Å². The van der Waals surface area contributed by atoms with E-state index in [0.717, 1.165) is 19.3 Å². The van der Waals surface area contributed by atoms with Gasteiger partial charge < -0.3 is 0 Å². The van der Waals surface area contributed by atoms with Crippen molar-refractivity contribution in [3.63, 3.8) is 0 Å². The lowest BCUT2D eigenvalue weighted by atomic mass is 10.00. The Morgan fingerprint density at radius 2 is 1.87 bits per heavy atom. The number of hydrogen-bond donors (Lipinski definition) is 0. The number of rotatable bonds is 7. The molecule has 0 amide bonds. The van der Waals surface area contributed by atoms with Gasteiger partial charge in [-0.25, -0.2) is 4.98 Å². The molecular formula is C20H20N2O. The second-order valence-corrected chi connectivity index (χ2v) is 4.98. The lowest BCUT2D eigenvalue weighted by molar-refractivity contribution is 0.0859. The fourth-order valence-electron chi connectivity index (χ4n) is 2.03. The maximum Gasteiger partial charge on any atom is 0.247 e. The summed E-state index contributed by atoms with van der Waals surface area (Å²) in [5.41, 5.74) is 0. The van der Waals surface area contributed by atoms with Gasteiger partial charge in [-0.15, -0.1) is 6.42 Å². The molecule has 1 aromatic heterocycles. The summed E-state index contributed by atoms with van der Waals surface area (Å²) in [7, 11) is 0. The second kappa shape index (κ2) is 11.7. The maximum absolute atomic E-state index is 12.4. The third kappa shape index (κ3) is 7.62. The van der Waals surface area contributed by atoms with Crippen molar-refractivity contribution in [3.05, 3.63) is 18.7 Å². The highest BCUT2D eigenvalue weighted by atomic mass is 16.2. The number of hydrogen-bond acceptors (Lipinski definition) is 2. The zero-order valence-corrected chi connectivity index (χ0v) is 13.4. The third-order valence-corrected chi connectivity index (χ3v) is 3.22. The molecular weight excluding hydrogens is 284 g/mol. The van der Waals surface area contributed by atoms with Gasteiger partial charge >= 0.3 is 0 Å². The van der Waals surface area contributed by atoms with Gasteiger partial charge in [-0.2, -0.15) is 0 Å². The average Bonchev–Trinajstić information content (AvgIpc) is 3.09. The first kappa shape index (κ1) is 18.2. The number of unbranched alkanes of at least 4 members (excludes halogenated alkanes) is 4. The van der Waals surface area contributed by atoms with Crippen LogP contribution in [0.1, 0.15) is 50.2 Å². The molecule has 1 unspecified atom stereocenters. The molecule has 1 aromatic rings. The molecule has 1 rings (SSSR count). The predicted molar refractivity (Wildman–Crippen MR) is 91.9 cm³/mol. The van der Waals surface area contributed by atoms with E-state index in [9.17, 15) is 4.79 Å². The molecule has 0 aliphatic carbocycles. The Hall–Kier alpha value is -2.88. The summed E-state index contributed by atoms with van der Waals surface area (Å²) < 4.78 is 1.47. The Bertz CT molecular complexity index is 703. The van der Waals surface area contributed by atoms with E-state index in [1.54, 1.807) is 12.4 Å². The van der Waals surface area contributed by atoms with Crippen molar-refractivity contribution in [2.75, 3.05) is 0 Å². The number of terminal acetylenes is 1. The fraction of sp³-hybridized carbons (Fsp3) is 0.400. The summed E-state index contributed by atoms with van der Waals surface area (Å²) in [4.78, 5) is 16.3. The minimum absolute atomic E-state index is 0.0676. The minimum atomic E-state index is -0.374. The molecule has 0 N–H and O–H groups in total. The first-order chi connectivity index (χ1) is 11.3. The summed E-state index contributed by atoms with van der Waals surface area (Å²) >= 11 is 0. The first-order valence-electron chi connectivity index (χ1n) is 7.78. The summed E-state index contributed by atoms with van der Waals surface area (Å²) in [6, 6.07) is 0. The average molecular weight is 304 g/mol. The van der Waals surface area contributed by atoms with Crippen molar-refractivity contribution in [1.82, 2.24) is 9.55 Å². The van der Waals surface area contributed by atoms with Gasteiger partial charge in [0.2, 0.25) is 5.91 Å². The second-order valence-electron chi connectivity index (χ2n) is 4.98. The van der Waals surface area contributed by atoms with Gasteiger partial charge in [0.15, 0.2) is 0 Å². The SMILES string of the molecule is C#CC#CC#CC#CC(CCCCCCC)C(=O)n1ccnc1.